The van der Waals surface area contributed by atoms with Gasteiger partial charge < -0.3 is 14.7 Å². The van der Waals surface area contributed by atoms with Gasteiger partial charge in [0.05, 0.1) is 11.1 Å². The normalized spacial score (nSPS) is 17.8. The van der Waals surface area contributed by atoms with Gasteiger partial charge in [0, 0.05) is 28.4 Å². The van der Waals surface area contributed by atoms with Crippen molar-refractivity contribution >= 4 is 60.9 Å². The van der Waals surface area contributed by atoms with Gasteiger partial charge in [0.25, 0.3) is 5.91 Å². The van der Waals surface area contributed by atoms with E-state index in [1.807, 2.05) is 36.4 Å². The lowest BCUT2D eigenvalue weighted by molar-refractivity contribution is -0.00283. The molecule has 1 N–H and O–H groups in total. The molecule has 5 aromatic carbocycles. The monoisotopic (exact) mass is 505 g/mol. The van der Waals surface area contributed by atoms with Gasteiger partial charge in [-0.05, 0) is 62.9 Å². The average Bonchev–Trinajstić information content (AvgIpc) is 2.93. The number of esters is 2. The molecule has 6 nitrogen and oxygen atoms in total. The van der Waals surface area contributed by atoms with Crippen LogP contribution in [0.1, 0.15) is 82.4 Å². The fourth-order valence-electron chi connectivity index (χ4n) is 6.65. The number of carbonyl (C=O) groups is 3. The summed E-state index contributed by atoms with van der Waals surface area (Å²) in [5, 5.41) is 18.3. The zero-order valence-corrected chi connectivity index (χ0v) is 21.3. The maximum Gasteiger partial charge on any atom is 0.346 e. The minimum atomic E-state index is -1.01. The molecular weight excluding hydrogens is 478 g/mol. The molecule has 0 saturated carbocycles. The maximum atomic E-state index is 13.8. The molecule has 2 heterocycles. The molecule has 0 aliphatic carbocycles. The largest absolute Gasteiger partial charge is 0.386 e. The maximum absolute atomic E-state index is 13.8. The number of unbranched alkanes of at least 4 members (excludes halogenated alkanes) is 1. The Balaban J connectivity index is 1.49. The Bertz CT molecular complexity index is 1770. The number of aliphatic hydroxyl groups excluding tert-OH is 1. The molecular formula is C32H27NO5. The second-order valence-electron chi connectivity index (χ2n) is 10.6. The van der Waals surface area contributed by atoms with Crippen molar-refractivity contribution in [2.24, 2.45) is 5.92 Å². The molecule has 2 unspecified atom stereocenters. The fourth-order valence-corrected chi connectivity index (χ4v) is 6.65. The van der Waals surface area contributed by atoms with Crippen LogP contribution >= 0.6 is 0 Å². The van der Waals surface area contributed by atoms with Crippen LogP contribution in [0.2, 0.25) is 0 Å². The number of rotatable bonds is 6. The van der Waals surface area contributed by atoms with E-state index in [1.54, 1.807) is 17.0 Å². The summed E-state index contributed by atoms with van der Waals surface area (Å²) in [6.07, 6.45) is 3.18. The average molecular weight is 506 g/mol. The highest BCUT2D eigenvalue weighted by molar-refractivity contribution is 6.38. The lowest BCUT2D eigenvalue weighted by atomic mass is 9.82. The van der Waals surface area contributed by atoms with E-state index < -0.39 is 18.2 Å². The molecule has 2 aliphatic rings. The van der Waals surface area contributed by atoms with Gasteiger partial charge in [0.1, 0.15) is 0 Å². The van der Waals surface area contributed by atoms with Crippen molar-refractivity contribution in [3.05, 3.63) is 70.8 Å². The molecule has 2 atom stereocenters. The number of aliphatic hydroxyl groups is 1. The van der Waals surface area contributed by atoms with Crippen LogP contribution in [0.3, 0.4) is 0 Å². The van der Waals surface area contributed by atoms with Crippen LogP contribution in [0.4, 0.5) is 0 Å². The van der Waals surface area contributed by atoms with Crippen LogP contribution < -0.4 is 0 Å². The molecule has 5 aromatic rings. The number of fused-ring (bicyclic) bond motifs is 2. The van der Waals surface area contributed by atoms with Crippen LogP contribution in [-0.4, -0.2) is 34.4 Å². The third kappa shape index (κ3) is 2.95. The second kappa shape index (κ2) is 8.23. The van der Waals surface area contributed by atoms with E-state index in [0.717, 1.165) is 69.0 Å². The molecule has 0 aromatic heterocycles. The molecule has 2 aliphatic heterocycles. The molecule has 7 rings (SSSR count). The van der Waals surface area contributed by atoms with Crippen molar-refractivity contribution in [3.8, 4) is 0 Å². The zero-order chi connectivity index (χ0) is 26.3. The summed E-state index contributed by atoms with van der Waals surface area (Å²) >= 11 is 0. The summed E-state index contributed by atoms with van der Waals surface area (Å²) in [5.41, 5.74) is 2.09. The smallest absolute Gasteiger partial charge is 0.346 e. The van der Waals surface area contributed by atoms with E-state index in [9.17, 15) is 19.5 Å². The quantitative estimate of drug-likeness (QED) is 0.120. The van der Waals surface area contributed by atoms with E-state index in [1.165, 1.54) is 0 Å². The summed E-state index contributed by atoms with van der Waals surface area (Å²) in [7, 11) is 0. The van der Waals surface area contributed by atoms with Crippen LogP contribution in [0.15, 0.2) is 48.5 Å². The van der Waals surface area contributed by atoms with Gasteiger partial charge >= 0.3 is 11.9 Å². The molecule has 0 bridgehead atoms. The third-order valence-corrected chi connectivity index (χ3v) is 8.62. The topological polar surface area (TPSA) is 83.9 Å². The number of nitrogens with zero attached hydrogens (tertiary/aromatic N) is 1. The standard InChI is InChI=1S/C32H27NO5/c1-3-5-6-16(4-2)15-33-29(34)21-11-7-17-19-9-13-23-28-24(32(37)38-31(23)36)14-10-20(26(19)28)18-8-12-22(30(33)35)27(21)25(17)18/h7-14,16,29,34H,3-6,15H2,1-2H3. The van der Waals surface area contributed by atoms with Crippen LogP contribution in [0.25, 0.3) is 43.1 Å². The minimum Gasteiger partial charge on any atom is -0.386 e. The minimum absolute atomic E-state index is 0.145. The lowest BCUT2D eigenvalue weighted by Gasteiger charge is -2.36. The van der Waals surface area contributed by atoms with Gasteiger partial charge in [-0.25, -0.2) is 9.59 Å². The number of amides is 1. The van der Waals surface area contributed by atoms with Crippen molar-refractivity contribution in [3.63, 3.8) is 0 Å². The van der Waals surface area contributed by atoms with Crippen LogP contribution in [-0.2, 0) is 4.74 Å². The lowest BCUT2D eigenvalue weighted by Crippen LogP contribution is -2.41. The molecule has 190 valence electrons. The fraction of sp³-hybridized carbons (Fsp3) is 0.281. The molecule has 0 saturated heterocycles. The molecule has 1 amide bonds. The van der Waals surface area contributed by atoms with E-state index in [2.05, 4.69) is 13.8 Å². The summed E-state index contributed by atoms with van der Waals surface area (Å²) in [6, 6.07) is 14.9. The second-order valence-corrected chi connectivity index (χ2v) is 10.6. The first-order valence-corrected chi connectivity index (χ1v) is 13.4. The Labute approximate surface area is 219 Å². The Hall–Kier alpha value is -4.03. The van der Waals surface area contributed by atoms with Gasteiger partial charge in [0.2, 0.25) is 0 Å². The van der Waals surface area contributed by atoms with Gasteiger partial charge in [-0.1, -0.05) is 63.4 Å². The molecule has 0 spiro atoms. The summed E-state index contributed by atoms with van der Waals surface area (Å²) in [6.45, 7) is 4.83. The SMILES string of the molecule is CCCCC(CC)CN1C(=O)c2ccc3c4ccc5c6c(ccc(c7ccc(c2c37)C1O)c64)C(=O)OC5=O. The Morgan fingerprint density at radius 1 is 0.763 bits per heavy atom. The van der Waals surface area contributed by atoms with Gasteiger partial charge in [-0.3, -0.25) is 4.79 Å². The molecule has 6 heteroatoms. The first kappa shape index (κ1) is 23.1. The number of benzene rings is 5. The number of carbonyl (C=O) groups excluding carboxylic acids is 3. The Morgan fingerprint density at radius 2 is 1.32 bits per heavy atom. The summed E-state index contributed by atoms with van der Waals surface area (Å²) in [4.78, 5) is 40.5. The van der Waals surface area contributed by atoms with Gasteiger partial charge in [-0.15, -0.1) is 0 Å². The van der Waals surface area contributed by atoms with E-state index in [0.29, 0.717) is 34.5 Å². The van der Waals surface area contributed by atoms with Crippen molar-refractivity contribution in [1.29, 1.82) is 0 Å². The highest BCUT2D eigenvalue weighted by Crippen LogP contribution is 2.47. The predicted octanol–water partition coefficient (Wildman–Crippen LogP) is 6.71. The first-order valence-electron chi connectivity index (χ1n) is 13.4. The highest BCUT2D eigenvalue weighted by atomic mass is 16.6. The molecule has 0 radical (unpaired) electrons. The highest BCUT2D eigenvalue weighted by Gasteiger charge is 2.36. The van der Waals surface area contributed by atoms with E-state index in [4.69, 9.17) is 4.74 Å². The van der Waals surface area contributed by atoms with Crippen molar-refractivity contribution in [2.75, 3.05) is 6.54 Å². The van der Waals surface area contributed by atoms with E-state index in [-0.39, 0.29) is 5.91 Å². The van der Waals surface area contributed by atoms with Crippen molar-refractivity contribution < 1.29 is 24.2 Å². The third-order valence-electron chi connectivity index (χ3n) is 8.62. The first-order chi connectivity index (χ1) is 18.4. The summed E-state index contributed by atoms with van der Waals surface area (Å²) in [5.74, 6) is -1.09. The van der Waals surface area contributed by atoms with Crippen LogP contribution in [0.5, 0.6) is 0 Å². The van der Waals surface area contributed by atoms with E-state index >= 15 is 0 Å². The molecule has 0 fully saturated rings. The number of hydrogen-bond donors (Lipinski definition) is 1. The van der Waals surface area contributed by atoms with Crippen LogP contribution in [0, 0.1) is 5.92 Å². The van der Waals surface area contributed by atoms with Gasteiger partial charge in [0.15, 0.2) is 6.23 Å². The molecule has 38 heavy (non-hydrogen) atoms. The Morgan fingerprint density at radius 3 is 1.89 bits per heavy atom. The van der Waals surface area contributed by atoms with Crippen molar-refractivity contribution in [2.45, 2.75) is 45.8 Å². The van der Waals surface area contributed by atoms with Crippen molar-refractivity contribution in [1.82, 2.24) is 4.90 Å². The number of ether oxygens (including phenoxy) is 1. The summed E-state index contributed by atoms with van der Waals surface area (Å²) < 4.78 is 4.96. The van der Waals surface area contributed by atoms with Gasteiger partial charge in [-0.2, -0.15) is 0 Å². The number of cyclic esters (lactones) is 2. The number of hydrogen-bond acceptors (Lipinski definition) is 5. The predicted molar refractivity (Wildman–Crippen MR) is 147 cm³/mol. The zero-order valence-electron chi connectivity index (χ0n) is 21.3. The Kier molecular flexibility index (Phi) is 5.01.